The van der Waals surface area contributed by atoms with Crippen molar-refractivity contribution in [2.75, 3.05) is 13.1 Å². The zero-order valence-electron chi connectivity index (χ0n) is 16.8. The molecule has 1 aliphatic rings. The van der Waals surface area contributed by atoms with Crippen molar-refractivity contribution in [3.05, 3.63) is 58.6 Å². The molecule has 1 saturated heterocycles. The maximum absolute atomic E-state index is 11.2. The summed E-state index contributed by atoms with van der Waals surface area (Å²) in [6, 6.07) is 13.4. The van der Waals surface area contributed by atoms with E-state index in [1.165, 1.54) is 4.90 Å². The van der Waals surface area contributed by atoms with Crippen LogP contribution in [-0.2, 0) is 5.72 Å². The highest BCUT2D eigenvalue weighted by atomic mass is 35.5. The first kappa shape index (κ1) is 21.6. The monoisotopic (exact) mass is 416 g/mol. The van der Waals surface area contributed by atoms with E-state index in [1.807, 2.05) is 37.3 Å². The van der Waals surface area contributed by atoms with E-state index in [0.29, 0.717) is 42.4 Å². The van der Waals surface area contributed by atoms with Crippen molar-refractivity contribution in [3.63, 3.8) is 0 Å². The molecular formula is C23H29ClN2O3. The molecule has 156 valence electrons. The van der Waals surface area contributed by atoms with Crippen LogP contribution in [0.4, 0.5) is 4.79 Å². The van der Waals surface area contributed by atoms with Crippen LogP contribution in [0.15, 0.2) is 42.5 Å². The van der Waals surface area contributed by atoms with Gasteiger partial charge in [0, 0.05) is 29.2 Å². The second-order valence-corrected chi connectivity index (χ2v) is 8.49. The largest absolute Gasteiger partial charge is 0.465 e. The van der Waals surface area contributed by atoms with Crippen LogP contribution in [-0.4, -0.2) is 34.3 Å². The van der Waals surface area contributed by atoms with E-state index in [-0.39, 0.29) is 0 Å². The fraction of sp³-hybridized carbons (Fsp3) is 0.435. The summed E-state index contributed by atoms with van der Waals surface area (Å²) in [5.74, 6) is 0.311. The van der Waals surface area contributed by atoms with E-state index in [9.17, 15) is 15.0 Å². The van der Waals surface area contributed by atoms with Crippen LogP contribution in [0.3, 0.4) is 0 Å². The van der Waals surface area contributed by atoms with Gasteiger partial charge < -0.3 is 15.1 Å². The quantitative estimate of drug-likeness (QED) is 0.579. The van der Waals surface area contributed by atoms with Crippen molar-refractivity contribution >= 4 is 17.7 Å². The number of piperidine rings is 1. The zero-order chi connectivity index (χ0) is 21.0. The summed E-state index contributed by atoms with van der Waals surface area (Å²) in [5.41, 5.74) is 8.27. The smallest absolute Gasteiger partial charge is 0.407 e. The van der Waals surface area contributed by atoms with Crippen LogP contribution < -0.4 is 5.73 Å². The normalized spacial score (nSPS) is 19.0. The lowest BCUT2D eigenvalue weighted by Crippen LogP contribution is -2.39. The Balaban J connectivity index is 1.73. The molecule has 1 heterocycles. The topological polar surface area (TPSA) is 86.8 Å². The number of carbonyl (C=O) groups is 1. The first-order valence-corrected chi connectivity index (χ1v) is 10.5. The highest BCUT2D eigenvalue weighted by Gasteiger charge is 2.29. The molecule has 2 aromatic rings. The molecule has 1 unspecified atom stereocenters. The Morgan fingerprint density at radius 1 is 1.31 bits per heavy atom. The molecule has 3 rings (SSSR count). The van der Waals surface area contributed by atoms with Crippen LogP contribution >= 0.6 is 11.6 Å². The minimum Gasteiger partial charge on any atom is -0.465 e. The number of nitrogens with two attached hydrogens (primary N) is 1. The Labute approximate surface area is 177 Å². The molecule has 0 spiro atoms. The molecule has 0 bridgehead atoms. The molecule has 0 aliphatic carbocycles. The fourth-order valence-corrected chi connectivity index (χ4v) is 4.53. The van der Waals surface area contributed by atoms with Crippen molar-refractivity contribution in [1.82, 2.24) is 4.90 Å². The second-order valence-electron chi connectivity index (χ2n) is 8.09. The summed E-state index contributed by atoms with van der Waals surface area (Å²) in [7, 11) is 0. The van der Waals surface area contributed by atoms with Gasteiger partial charge in [-0.2, -0.15) is 0 Å². The van der Waals surface area contributed by atoms with Gasteiger partial charge in [-0.25, -0.2) is 4.79 Å². The average Bonchev–Trinajstić information content (AvgIpc) is 2.68. The highest BCUT2D eigenvalue weighted by Crippen LogP contribution is 2.38. The second kappa shape index (κ2) is 9.16. The van der Waals surface area contributed by atoms with Crippen molar-refractivity contribution in [2.24, 2.45) is 11.7 Å². The van der Waals surface area contributed by atoms with Crippen molar-refractivity contribution in [2.45, 2.75) is 44.8 Å². The Hall–Kier alpha value is -2.08. The summed E-state index contributed by atoms with van der Waals surface area (Å²) < 4.78 is 0. The summed E-state index contributed by atoms with van der Waals surface area (Å²) >= 11 is 6.50. The molecule has 2 aromatic carbocycles. The lowest BCUT2D eigenvalue weighted by atomic mass is 9.87. The van der Waals surface area contributed by atoms with Gasteiger partial charge in [0.2, 0.25) is 0 Å². The molecule has 0 radical (unpaired) electrons. The summed E-state index contributed by atoms with van der Waals surface area (Å²) in [6.07, 6.45) is 2.98. The van der Waals surface area contributed by atoms with Crippen molar-refractivity contribution in [3.8, 4) is 11.1 Å². The molecule has 5 nitrogen and oxygen atoms in total. The summed E-state index contributed by atoms with van der Waals surface area (Å²) in [4.78, 5) is 12.7. The molecule has 1 fully saturated rings. The predicted molar refractivity (Wildman–Crippen MR) is 116 cm³/mol. The van der Waals surface area contributed by atoms with E-state index in [2.05, 4.69) is 0 Å². The number of nitrogens with zero attached hydrogens (tertiary/aromatic N) is 1. The van der Waals surface area contributed by atoms with Crippen LogP contribution in [0.2, 0.25) is 5.02 Å². The number of benzene rings is 2. The number of aliphatic hydroxyl groups is 1. The third kappa shape index (κ3) is 5.30. The van der Waals surface area contributed by atoms with Gasteiger partial charge in [-0.05, 0) is 56.6 Å². The van der Waals surface area contributed by atoms with Crippen LogP contribution in [0.25, 0.3) is 11.1 Å². The molecule has 4 N–H and O–H groups in total. The van der Waals surface area contributed by atoms with Gasteiger partial charge in [0.15, 0.2) is 0 Å². The SMILES string of the molecule is Cc1cccc(-c2c(Cl)cccc2[C@@](N)(O)CCCC2CCCN(C(=O)O)C2)c1. The molecule has 2 atom stereocenters. The number of rotatable bonds is 6. The number of hydrogen-bond donors (Lipinski definition) is 3. The molecule has 29 heavy (non-hydrogen) atoms. The fourth-order valence-electron chi connectivity index (χ4n) is 4.25. The zero-order valence-corrected chi connectivity index (χ0v) is 17.5. The Morgan fingerprint density at radius 3 is 2.79 bits per heavy atom. The molecule has 1 aliphatic heterocycles. The molecule has 0 aromatic heterocycles. The minimum atomic E-state index is -1.51. The van der Waals surface area contributed by atoms with Gasteiger partial charge in [0.1, 0.15) is 5.72 Å². The lowest BCUT2D eigenvalue weighted by Gasteiger charge is -2.32. The van der Waals surface area contributed by atoms with Crippen LogP contribution in [0.5, 0.6) is 0 Å². The number of halogens is 1. The number of carboxylic acid groups (broad SMARTS) is 1. The van der Waals surface area contributed by atoms with Gasteiger partial charge in [-0.1, -0.05) is 53.6 Å². The first-order chi connectivity index (χ1) is 13.8. The standard InChI is InChI=1S/C23H29ClN2O3/c1-16-6-2-9-18(14-16)21-19(10-3-11-20(21)24)23(25,29)12-4-7-17-8-5-13-26(15-17)22(27)28/h2-3,6,9-11,14,17,29H,4-5,7-8,12-13,15,25H2,1H3,(H,27,28)/t17?,23-/m0/s1. The van der Waals surface area contributed by atoms with E-state index in [0.717, 1.165) is 36.0 Å². The van der Waals surface area contributed by atoms with E-state index >= 15 is 0 Å². The van der Waals surface area contributed by atoms with Gasteiger partial charge in [0.05, 0.1) is 0 Å². The minimum absolute atomic E-state index is 0.311. The third-order valence-electron chi connectivity index (χ3n) is 5.75. The Bertz CT molecular complexity index is 869. The summed E-state index contributed by atoms with van der Waals surface area (Å²) in [6.45, 7) is 3.18. The number of aryl methyl sites for hydroxylation is 1. The Morgan fingerprint density at radius 2 is 2.07 bits per heavy atom. The van der Waals surface area contributed by atoms with Gasteiger partial charge in [-0.3, -0.25) is 5.73 Å². The average molecular weight is 417 g/mol. The maximum atomic E-state index is 11.2. The van der Waals surface area contributed by atoms with Crippen molar-refractivity contribution in [1.29, 1.82) is 0 Å². The predicted octanol–water partition coefficient (Wildman–Crippen LogP) is 4.98. The van der Waals surface area contributed by atoms with E-state index in [4.69, 9.17) is 17.3 Å². The number of amides is 1. The molecule has 1 amide bonds. The van der Waals surface area contributed by atoms with Gasteiger partial charge >= 0.3 is 6.09 Å². The number of likely N-dealkylation sites (tertiary alicyclic amines) is 1. The summed E-state index contributed by atoms with van der Waals surface area (Å²) in [5, 5.41) is 20.9. The van der Waals surface area contributed by atoms with Gasteiger partial charge in [0.25, 0.3) is 0 Å². The van der Waals surface area contributed by atoms with Crippen LogP contribution in [0.1, 0.15) is 43.2 Å². The van der Waals surface area contributed by atoms with Crippen LogP contribution in [0, 0.1) is 12.8 Å². The number of hydrogen-bond acceptors (Lipinski definition) is 3. The molecular weight excluding hydrogens is 388 g/mol. The van der Waals surface area contributed by atoms with E-state index in [1.54, 1.807) is 12.1 Å². The highest BCUT2D eigenvalue weighted by molar-refractivity contribution is 6.33. The first-order valence-electron chi connectivity index (χ1n) is 10.1. The molecule has 0 saturated carbocycles. The molecule has 6 heteroatoms. The maximum Gasteiger partial charge on any atom is 0.407 e. The van der Waals surface area contributed by atoms with Gasteiger partial charge in [-0.15, -0.1) is 0 Å². The van der Waals surface area contributed by atoms with E-state index < -0.39 is 11.8 Å². The van der Waals surface area contributed by atoms with Crippen molar-refractivity contribution < 1.29 is 15.0 Å². The third-order valence-corrected chi connectivity index (χ3v) is 6.06. The lowest BCUT2D eigenvalue weighted by molar-refractivity contribution is 0.0296. The Kier molecular flexibility index (Phi) is 6.83.